The summed E-state index contributed by atoms with van der Waals surface area (Å²) >= 11 is 0. The highest BCUT2D eigenvalue weighted by atomic mass is 16.7. The van der Waals surface area contributed by atoms with E-state index >= 15 is 0 Å². The maximum absolute atomic E-state index is 5.88. The zero-order chi connectivity index (χ0) is 10.6. The molecule has 0 aromatic carbocycles. The first-order chi connectivity index (χ1) is 6.67. The SMILES string of the molecule is CCC1OC(OC)CCC1CC(C)C. The molecular formula is C12H24O2. The van der Waals surface area contributed by atoms with Gasteiger partial charge in [0.05, 0.1) is 6.10 Å². The van der Waals surface area contributed by atoms with Gasteiger partial charge in [-0.3, -0.25) is 0 Å². The minimum Gasteiger partial charge on any atom is -0.356 e. The molecule has 2 nitrogen and oxygen atoms in total. The maximum atomic E-state index is 5.88. The van der Waals surface area contributed by atoms with Gasteiger partial charge in [-0.2, -0.15) is 0 Å². The van der Waals surface area contributed by atoms with Gasteiger partial charge in [-0.1, -0.05) is 20.8 Å². The minimum atomic E-state index is 0.0448. The van der Waals surface area contributed by atoms with Crippen LogP contribution in [0.4, 0.5) is 0 Å². The van der Waals surface area contributed by atoms with Crippen LogP contribution in [0.1, 0.15) is 46.5 Å². The lowest BCUT2D eigenvalue weighted by Gasteiger charge is -2.36. The molecule has 14 heavy (non-hydrogen) atoms. The lowest BCUT2D eigenvalue weighted by atomic mass is 9.85. The van der Waals surface area contributed by atoms with E-state index in [1.807, 2.05) is 0 Å². The van der Waals surface area contributed by atoms with E-state index in [0.29, 0.717) is 6.10 Å². The van der Waals surface area contributed by atoms with Gasteiger partial charge in [0.2, 0.25) is 0 Å². The Kier molecular flexibility index (Phi) is 4.90. The molecule has 0 N–H and O–H groups in total. The summed E-state index contributed by atoms with van der Waals surface area (Å²) in [4.78, 5) is 0. The maximum Gasteiger partial charge on any atom is 0.157 e. The van der Waals surface area contributed by atoms with Crippen molar-refractivity contribution >= 4 is 0 Å². The van der Waals surface area contributed by atoms with E-state index < -0.39 is 0 Å². The molecule has 1 saturated heterocycles. The molecule has 3 unspecified atom stereocenters. The minimum absolute atomic E-state index is 0.0448. The van der Waals surface area contributed by atoms with Crippen LogP contribution < -0.4 is 0 Å². The predicted octanol–water partition coefficient (Wildman–Crippen LogP) is 3.21. The van der Waals surface area contributed by atoms with Crippen molar-refractivity contribution in [1.82, 2.24) is 0 Å². The van der Waals surface area contributed by atoms with E-state index in [2.05, 4.69) is 20.8 Å². The van der Waals surface area contributed by atoms with Crippen molar-refractivity contribution in [2.75, 3.05) is 7.11 Å². The third kappa shape index (κ3) is 3.25. The van der Waals surface area contributed by atoms with Crippen LogP contribution in [0.25, 0.3) is 0 Å². The zero-order valence-electron chi connectivity index (χ0n) is 9.95. The standard InChI is InChI=1S/C12H24O2/c1-5-11-10(8-9(2)3)6-7-12(13-4)14-11/h9-12H,5-8H2,1-4H3. The summed E-state index contributed by atoms with van der Waals surface area (Å²) in [6, 6.07) is 0. The summed E-state index contributed by atoms with van der Waals surface area (Å²) in [5.41, 5.74) is 0. The first kappa shape index (κ1) is 12.0. The Balaban J connectivity index is 2.43. The summed E-state index contributed by atoms with van der Waals surface area (Å²) in [7, 11) is 1.74. The lowest BCUT2D eigenvalue weighted by Crippen LogP contribution is -2.36. The second-order valence-electron chi connectivity index (χ2n) is 4.72. The molecule has 2 heteroatoms. The van der Waals surface area contributed by atoms with Crippen LogP contribution in [0.5, 0.6) is 0 Å². The molecule has 1 aliphatic heterocycles. The van der Waals surface area contributed by atoms with Crippen molar-refractivity contribution in [3.63, 3.8) is 0 Å². The Morgan fingerprint density at radius 2 is 2.07 bits per heavy atom. The Bertz CT molecular complexity index is 156. The molecule has 0 aliphatic carbocycles. The Morgan fingerprint density at radius 3 is 2.57 bits per heavy atom. The third-order valence-electron chi connectivity index (χ3n) is 3.06. The molecule has 0 radical (unpaired) electrons. The van der Waals surface area contributed by atoms with E-state index in [0.717, 1.165) is 24.7 Å². The van der Waals surface area contributed by atoms with Crippen molar-refractivity contribution in [2.24, 2.45) is 11.8 Å². The van der Waals surface area contributed by atoms with Crippen LogP contribution in [0.15, 0.2) is 0 Å². The molecule has 0 saturated carbocycles. The smallest absolute Gasteiger partial charge is 0.157 e. The van der Waals surface area contributed by atoms with Gasteiger partial charge >= 0.3 is 0 Å². The number of hydrogen-bond donors (Lipinski definition) is 0. The molecule has 1 aliphatic rings. The number of rotatable bonds is 4. The fraction of sp³-hybridized carbons (Fsp3) is 1.00. The molecule has 1 heterocycles. The summed E-state index contributed by atoms with van der Waals surface area (Å²) in [6.07, 6.45) is 5.17. The zero-order valence-corrected chi connectivity index (χ0v) is 9.95. The van der Waals surface area contributed by atoms with Crippen LogP contribution >= 0.6 is 0 Å². The van der Waals surface area contributed by atoms with Crippen molar-refractivity contribution in [2.45, 2.75) is 58.8 Å². The molecule has 0 bridgehead atoms. The van der Waals surface area contributed by atoms with Gasteiger partial charge in [0.1, 0.15) is 0 Å². The third-order valence-corrected chi connectivity index (χ3v) is 3.06. The topological polar surface area (TPSA) is 18.5 Å². The second-order valence-corrected chi connectivity index (χ2v) is 4.72. The first-order valence-electron chi connectivity index (χ1n) is 5.85. The highest BCUT2D eigenvalue weighted by Gasteiger charge is 2.30. The monoisotopic (exact) mass is 200 g/mol. The van der Waals surface area contributed by atoms with E-state index in [1.54, 1.807) is 7.11 Å². The van der Waals surface area contributed by atoms with Gasteiger partial charge in [0, 0.05) is 7.11 Å². The number of ether oxygens (including phenoxy) is 2. The Labute approximate surface area is 88.0 Å². The van der Waals surface area contributed by atoms with Gasteiger partial charge in [-0.15, -0.1) is 0 Å². The van der Waals surface area contributed by atoms with Gasteiger partial charge < -0.3 is 9.47 Å². The summed E-state index contributed by atoms with van der Waals surface area (Å²) < 4.78 is 11.1. The fourth-order valence-corrected chi connectivity index (χ4v) is 2.39. The molecule has 1 fully saturated rings. The predicted molar refractivity (Wildman–Crippen MR) is 58.1 cm³/mol. The molecular weight excluding hydrogens is 176 g/mol. The Morgan fingerprint density at radius 1 is 1.36 bits per heavy atom. The summed E-state index contributed by atoms with van der Waals surface area (Å²) in [5.74, 6) is 1.52. The molecule has 84 valence electrons. The van der Waals surface area contributed by atoms with Crippen LogP contribution in [-0.2, 0) is 9.47 Å². The molecule has 0 aromatic rings. The molecule has 0 spiro atoms. The van der Waals surface area contributed by atoms with Gasteiger partial charge in [0.15, 0.2) is 6.29 Å². The summed E-state index contributed by atoms with van der Waals surface area (Å²) in [5, 5.41) is 0. The van der Waals surface area contributed by atoms with Gasteiger partial charge in [-0.05, 0) is 37.5 Å². The van der Waals surface area contributed by atoms with Crippen molar-refractivity contribution in [3.05, 3.63) is 0 Å². The Hall–Kier alpha value is -0.0800. The number of hydrogen-bond acceptors (Lipinski definition) is 2. The van der Waals surface area contributed by atoms with Crippen molar-refractivity contribution in [3.8, 4) is 0 Å². The second kappa shape index (κ2) is 5.72. The average molecular weight is 200 g/mol. The quantitative estimate of drug-likeness (QED) is 0.693. The fourth-order valence-electron chi connectivity index (χ4n) is 2.39. The molecule has 0 amide bonds. The molecule has 3 atom stereocenters. The van der Waals surface area contributed by atoms with Crippen molar-refractivity contribution in [1.29, 1.82) is 0 Å². The highest BCUT2D eigenvalue weighted by Crippen LogP contribution is 2.31. The van der Waals surface area contributed by atoms with E-state index in [-0.39, 0.29) is 6.29 Å². The van der Waals surface area contributed by atoms with E-state index in [1.165, 1.54) is 12.8 Å². The van der Waals surface area contributed by atoms with E-state index in [4.69, 9.17) is 9.47 Å². The highest BCUT2D eigenvalue weighted by molar-refractivity contribution is 4.76. The summed E-state index contributed by atoms with van der Waals surface area (Å²) in [6.45, 7) is 6.78. The van der Waals surface area contributed by atoms with E-state index in [9.17, 15) is 0 Å². The van der Waals surface area contributed by atoms with Gasteiger partial charge in [0.25, 0.3) is 0 Å². The van der Waals surface area contributed by atoms with Crippen LogP contribution in [0.2, 0.25) is 0 Å². The lowest BCUT2D eigenvalue weighted by molar-refractivity contribution is -0.199. The van der Waals surface area contributed by atoms with Crippen molar-refractivity contribution < 1.29 is 9.47 Å². The van der Waals surface area contributed by atoms with Gasteiger partial charge in [-0.25, -0.2) is 0 Å². The molecule has 0 aromatic heterocycles. The first-order valence-corrected chi connectivity index (χ1v) is 5.85. The largest absolute Gasteiger partial charge is 0.356 e. The normalized spacial score (nSPS) is 33.6. The average Bonchev–Trinajstić information content (AvgIpc) is 2.17. The van der Waals surface area contributed by atoms with Crippen LogP contribution in [0, 0.1) is 11.8 Å². The van der Waals surface area contributed by atoms with Crippen LogP contribution in [-0.4, -0.2) is 19.5 Å². The van der Waals surface area contributed by atoms with Crippen LogP contribution in [0.3, 0.4) is 0 Å². The number of methoxy groups -OCH3 is 1. The molecule has 1 rings (SSSR count).